The van der Waals surface area contributed by atoms with Crippen molar-refractivity contribution in [1.29, 1.82) is 0 Å². The zero-order valence-corrected chi connectivity index (χ0v) is 18.6. The number of para-hydroxylation sites is 1. The highest BCUT2D eigenvalue weighted by molar-refractivity contribution is 6.04. The summed E-state index contributed by atoms with van der Waals surface area (Å²) in [6.45, 7) is 4.04. The smallest absolute Gasteiger partial charge is 0.257 e. The molecule has 1 heterocycles. The van der Waals surface area contributed by atoms with E-state index >= 15 is 0 Å². The van der Waals surface area contributed by atoms with E-state index in [9.17, 15) is 20.1 Å². The number of phenols is 1. The summed E-state index contributed by atoms with van der Waals surface area (Å²) in [5.74, 6) is -1.05. The van der Waals surface area contributed by atoms with E-state index < -0.39 is 0 Å². The monoisotopic (exact) mass is 436 g/mol. The highest BCUT2D eigenvalue weighted by Gasteiger charge is 2.24. The number of carbonyl (C=O) groups is 1. The molecule has 3 rings (SSSR count). The Morgan fingerprint density at radius 1 is 1.00 bits per heavy atom. The Balaban J connectivity index is 2.14. The molecule has 0 saturated heterocycles. The summed E-state index contributed by atoms with van der Waals surface area (Å²) in [6, 6.07) is 14.3. The van der Waals surface area contributed by atoms with Gasteiger partial charge in [-0.15, -0.1) is 0 Å². The molecular weight excluding hydrogens is 408 g/mol. The maximum absolute atomic E-state index is 12.4. The Labute approximate surface area is 187 Å². The SMILES string of the molecule is CCC(=Nc1c(Nc2cccc(C(=O)N(C)C)c2O)c(O)n(CC)c1O)c1ccccc1. The third-order valence-corrected chi connectivity index (χ3v) is 5.12. The second-order valence-corrected chi connectivity index (χ2v) is 7.42. The minimum atomic E-state index is -0.361. The fourth-order valence-corrected chi connectivity index (χ4v) is 3.41. The number of anilines is 2. The van der Waals surface area contributed by atoms with Crippen LogP contribution in [0.5, 0.6) is 17.5 Å². The molecule has 0 atom stereocenters. The van der Waals surface area contributed by atoms with Gasteiger partial charge in [-0.3, -0.25) is 9.36 Å². The minimum Gasteiger partial charge on any atom is -0.505 e. The Kier molecular flexibility index (Phi) is 6.73. The van der Waals surface area contributed by atoms with E-state index in [1.807, 2.05) is 37.3 Å². The lowest BCUT2D eigenvalue weighted by Gasteiger charge is -2.15. The third kappa shape index (κ3) is 4.25. The van der Waals surface area contributed by atoms with Gasteiger partial charge in [-0.05, 0) is 31.0 Å². The van der Waals surface area contributed by atoms with Crippen LogP contribution < -0.4 is 5.32 Å². The van der Waals surface area contributed by atoms with E-state index in [0.717, 1.165) is 11.3 Å². The zero-order valence-electron chi connectivity index (χ0n) is 18.6. The Bertz CT molecular complexity index is 1150. The number of nitrogens with zero attached hydrogens (tertiary/aromatic N) is 3. The zero-order chi connectivity index (χ0) is 23.4. The molecule has 0 saturated carbocycles. The molecular formula is C24H28N4O4. The maximum atomic E-state index is 12.4. The molecule has 0 aliphatic carbocycles. The summed E-state index contributed by atoms with van der Waals surface area (Å²) in [7, 11) is 3.19. The molecule has 0 radical (unpaired) electrons. The number of phenolic OH excluding ortho intramolecular Hbond substituents is 1. The van der Waals surface area contributed by atoms with Gasteiger partial charge >= 0.3 is 0 Å². The summed E-state index contributed by atoms with van der Waals surface area (Å²) in [4.78, 5) is 18.4. The van der Waals surface area contributed by atoms with Crippen LogP contribution in [0.1, 0.15) is 36.2 Å². The first-order valence-corrected chi connectivity index (χ1v) is 10.4. The number of rotatable bonds is 7. The van der Waals surface area contributed by atoms with Crippen LogP contribution in [0.4, 0.5) is 17.1 Å². The molecule has 2 aromatic carbocycles. The average molecular weight is 437 g/mol. The first-order chi connectivity index (χ1) is 15.3. The first kappa shape index (κ1) is 22.7. The lowest BCUT2D eigenvalue weighted by Crippen LogP contribution is -2.21. The van der Waals surface area contributed by atoms with Crippen LogP contribution in [0.25, 0.3) is 0 Å². The average Bonchev–Trinajstić information content (AvgIpc) is 3.01. The third-order valence-electron chi connectivity index (χ3n) is 5.12. The van der Waals surface area contributed by atoms with Gasteiger partial charge in [0.15, 0.2) is 11.4 Å². The van der Waals surface area contributed by atoms with Crippen molar-refractivity contribution in [1.82, 2.24) is 9.47 Å². The molecule has 0 unspecified atom stereocenters. The van der Waals surface area contributed by atoms with Gasteiger partial charge in [-0.1, -0.05) is 43.3 Å². The molecule has 3 aromatic rings. The number of hydrogen-bond acceptors (Lipinski definition) is 6. The van der Waals surface area contributed by atoms with Gasteiger partial charge in [0.05, 0.1) is 11.3 Å². The van der Waals surface area contributed by atoms with Crippen molar-refractivity contribution >= 4 is 28.7 Å². The first-order valence-electron chi connectivity index (χ1n) is 10.4. The maximum Gasteiger partial charge on any atom is 0.257 e. The molecule has 1 aromatic heterocycles. The van der Waals surface area contributed by atoms with Crippen molar-refractivity contribution in [3.05, 3.63) is 59.7 Å². The number of aromatic nitrogens is 1. The van der Waals surface area contributed by atoms with Crippen molar-refractivity contribution in [2.45, 2.75) is 26.8 Å². The molecule has 0 spiro atoms. The number of aromatic hydroxyl groups is 3. The highest BCUT2D eigenvalue weighted by Crippen LogP contribution is 2.48. The molecule has 1 amide bonds. The molecule has 32 heavy (non-hydrogen) atoms. The van der Waals surface area contributed by atoms with E-state index in [0.29, 0.717) is 13.0 Å². The molecule has 0 bridgehead atoms. The largest absolute Gasteiger partial charge is 0.505 e. The molecule has 168 valence electrons. The number of hydrogen-bond donors (Lipinski definition) is 4. The Hall–Kier alpha value is -3.94. The van der Waals surface area contributed by atoms with E-state index in [1.54, 1.807) is 33.2 Å². The van der Waals surface area contributed by atoms with Crippen LogP contribution in [-0.4, -0.2) is 50.5 Å². The highest BCUT2D eigenvalue weighted by atomic mass is 16.3. The molecule has 0 aliphatic heterocycles. The van der Waals surface area contributed by atoms with Crippen LogP contribution in [0.15, 0.2) is 53.5 Å². The van der Waals surface area contributed by atoms with E-state index in [1.165, 1.54) is 15.5 Å². The number of carbonyl (C=O) groups excluding carboxylic acids is 1. The van der Waals surface area contributed by atoms with Gasteiger partial charge in [0.25, 0.3) is 5.91 Å². The van der Waals surface area contributed by atoms with Crippen LogP contribution in [-0.2, 0) is 6.54 Å². The number of nitrogens with one attached hydrogen (secondary N) is 1. The summed E-state index contributed by atoms with van der Waals surface area (Å²) in [5.41, 5.74) is 2.21. The van der Waals surface area contributed by atoms with Crippen LogP contribution in [0, 0.1) is 0 Å². The van der Waals surface area contributed by atoms with Crippen molar-refractivity contribution in [3.8, 4) is 17.5 Å². The van der Waals surface area contributed by atoms with E-state index in [2.05, 4.69) is 10.3 Å². The second-order valence-electron chi connectivity index (χ2n) is 7.42. The van der Waals surface area contributed by atoms with Gasteiger partial charge in [0, 0.05) is 26.4 Å². The predicted octanol–water partition coefficient (Wildman–Crippen LogP) is 4.60. The fourth-order valence-electron chi connectivity index (χ4n) is 3.41. The molecule has 8 heteroatoms. The van der Waals surface area contributed by atoms with E-state index in [-0.39, 0.29) is 46.0 Å². The van der Waals surface area contributed by atoms with Crippen molar-refractivity contribution in [2.24, 2.45) is 4.99 Å². The predicted molar refractivity (Wildman–Crippen MR) is 126 cm³/mol. The summed E-state index contributed by atoms with van der Waals surface area (Å²) < 4.78 is 1.31. The summed E-state index contributed by atoms with van der Waals surface area (Å²) in [6.07, 6.45) is 0.596. The lowest BCUT2D eigenvalue weighted by molar-refractivity contribution is 0.0824. The van der Waals surface area contributed by atoms with Gasteiger partial charge < -0.3 is 25.5 Å². The van der Waals surface area contributed by atoms with Gasteiger partial charge in [-0.25, -0.2) is 4.99 Å². The van der Waals surface area contributed by atoms with Gasteiger partial charge in [0.1, 0.15) is 5.69 Å². The van der Waals surface area contributed by atoms with Crippen LogP contribution in [0.2, 0.25) is 0 Å². The quantitative estimate of drug-likeness (QED) is 0.320. The Morgan fingerprint density at radius 2 is 1.69 bits per heavy atom. The number of aliphatic imine (C=N–C) groups is 1. The van der Waals surface area contributed by atoms with Crippen LogP contribution in [0.3, 0.4) is 0 Å². The molecule has 8 nitrogen and oxygen atoms in total. The van der Waals surface area contributed by atoms with Gasteiger partial charge in [0.2, 0.25) is 11.8 Å². The normalized spacial score (nSPS) is 11.4. The molecule has 0 aliphatic rings. The molecule has 0 fully saturated rings. The van der Waals surface area contributed by atoms with Crippen LogP contribution >= 0.6 is 0 Å². The standard InChI is InChI=1S/C24H28N4O4/c1-5-17(15-11-8-7-9-12-15)25-19-20(24(32)28(6-2)23(19)31)26-18-14-10-13-16(21(18)29)22(30)27(3)4/h7-14,26,29,31-32H,5-6H2,1-4H3. The number of amides is 1. The molecule has 4 N–H and O–H groups in total. The fraction of sp³-hybridized carbons (Fsp3) is 0.250. The Morgan fingerprint density at radius 3 is 2.28 bits per heavy atom. The second kappa shape index (κ2) is 9.47. The van der Waals surface area contributed by atoms with Crippen molar-refractivity contribution < 1.29 is 20.1 Å². The van der Waals surface area contributed by atoms with Crippen molar-refractivity contribution in [2.75, 3.05) is 19.4 Å². The minimum absolute atomic E-state index is 0.113. The van der Waals surface area contributed by atoms with E-state index in [4.69, 9.17) is 0 Å². The summed E-state index contributed by atoms with van der Waals surface area (Å²) in [5, 5.41) is 35.2. The topological polar surface area (TPSA) is 110 Å². The van der Waals surface area contributed by atoms with Gasteiger partial charge in [-0.2, -0.15) is 0 Å². The van der Waals surface area contributed by atoms with Crippen molar-refractivity contribution in [3.63, 3.8) is 0 Å². The summed E-state index contributed by atoms with van der Waals surface area (Å²) >= 11 is 0. The lowest BCUT2D eigenvalue weighted by atomic mass is 10.1. The number of benzene rings is 2.